The molecule has 0 aromatic carbocycles. The minimum absolute atomic E-state index is 0.446. The lowest BCUT2D eigenvalue weighted by molar-refractivity contribution is 0.580. The molecule has 1 unspecified atom stereocenters. The predicted molar refractivity (Wildman–Crippen MR) is 50.1 cm³/mol. The van der Waals surface area contributed by atoms with Gasteiger partial charge < -0.3 is 0 Å². The first-order chi connectivity index (χ1) is 5.61. The highest BCUT2D eigenvalue weighted by Crippen LogP contribution is 2.15. The van der Waals surface area contributed by atoms with Crippen LogP contribution in [0.15, 0.2) is 0 Å². The Balaban J connectivity index is 2.58. The Morgan fingerprint density at radius 3 is 2.58 bits per heavy atom. The Bertz CT molecular complexity index is 245. The summed E-state index contributed by atoms with van der Waals surface area (Å²) < 4.78 is 1.70. The standard InChI is InChI=1S/C7H13BrN4/c1-5(2)6(8)4-7-9-10-11-12(7)3/h5-6H,4H2,1-3H3. The van der Waals surface area contributed by atoms with Gasteiger partial charge in [-0.25, -0.2) is 4.68 Å². The fraction of sp³-hybridized carbons (Fsp3) is 0.857. The topological polar surface area (TPSA) is 43.6 Å². The van der Waals surface area contributed by atoms with Gasteiger partial charge in [-0.05, 0) is 16.3 Å². The van der Waals surface area contributed by atoms with Crippen molar-refractivity contribution in [3.05, 3.63) is 5.82 Å². The number of hydrogen-bond acceptors (Lipinski definition) is 3. The van der Waals surface area contributed by atoms with Gasteiger partial charge in [0.25, 0.3) is 0 Å². The Labute approximate surface area is 80.5 Å². The molecule has 0 aliphatic rings. The molecular weight excluding hydrogens is 220 g/mol. The van der Waals surface area contributed by atoms with Gasteiger partial charge in [-0.2, -0.15) is 0 Å². The van der Waals surface area contributed by atoms with Gasteiger partial charge in [0.15, 0.2) is 5.82 Å². The SMILES string of the molecule is CC(C)C(Br)Cc1nnnn1C. The number of hydrogen-bond donors (Lipinski definition) is 0. The van der Waals surface area contributed by atoms with Gasteiger partial charge in [0.1, 0.15) is 0 Å². The van der Waals surface area contributed by atoms with Crippen molar-refractivity contribution in [3.63, 3.8) is 0 Å². The monoisotopic (exact) mass is 232 g/mol. The highest BCUT2D eigenvalue weighted by atomic mass is 79.9. The van der Waals surface area contributed by atoms with E-state index in [0.717, 1.165) is 12.2 Å². The summed E-state index contributed by atoms with van der Waals surface area (Å²) in [5.41, 5.74) is 0. The first-order valence-electron chi connectivity index (χ1n) is 3.96. The normalized spacial score (nSPS) is 13.8. The summed E-state index contributed by atoms with van der Waals surface area (Å²) in [6.45, 7) is 4.34. The van der Waals surface area contributed by atoms with E-state index in [4.69, 9.17) is 0 Å². The van der Waals surface area contributed by atoms with Crippen LogP contribution in [0.4, 0.5) is 0 Å². The number of nitrogens with zero attached hydrogens (tertiary/aromatic N) is 4. The van der Waals surface area contributed by atoms with E-state index in [1.54, 1.807) is 4.68 Å². The zero-order valence-electron chi connectivity index (χ0n) is 7.53. The molecular formula is C7H13BrN4. The molecule has 4 nitrogen and oxygen atoms in total. The molecule has 0 N–H and O–H groups in total. The minimum Gasteiger partial charge on any atom is -0.233 e. The number of aromatic nitrogens is 4. The molecule has 0 saturated carbocycles. The number of tetrazole rings is 1. The van der Waals surface area contributed by atoms with Crippen LogP contribution < -0.4 is 0 Å². The average molecular weight is 233 g/mol. The summed E-state index contributed by atoms with van der Waals surface area (Å²) in [7, 11) is 1.86. The number of alkyl halides is 1. The van der Waals surface area contributed by atoms with Crippen LogP contribution in [-0.4, -0.2) is 25.0 Å². The second-order valence-electron chi connectivity index (χ2n) is 3.18. The lowest BCUT2D eigenvalue weighted by atomic mass is 10.1. The van der Waals surface area contributed by atoms with Gasteiger partial charge in [0.2, 0.25) is 0 Å². The largest absolute Gasteiger partial charge is 0.233 e. The lowest BCUT2D eigenvalue weighted by Gasteiger charge is -2.11. The molecule has 68 valence electrons. The van der Waals surface area contributed by atoms with Crippen molar-refractivity contribution in [1.29, 1.82) is 0 Å². The van der Waals surface area contributed by atoms with Crippen molar-refractivity contribution >= 4 is 15.9 Å². The third kappa shape index (κ3) is 2.27. The van der Waals surface area contributed by atoms with Gasteiger partial charge in [0.05, 0.1) is 0 Å². The maximum absolute atomic E-state index is 3.91. The Morgan fingerprint density at radius 2 is 2.17 bits per heavy atom. The van der Waals surface area contributed by atoms with Crippen molar-refractivity contribution in [3.8, 4) is 0 Å². The summed E-state index contributed by atoms with van der Waals surface area (Å²) in [5.74, 6) is 1.52. The molecule has 0 saturated heterocycles. The van der Waals surface area contributed by atoms with Crippen molar-refractivity contribution in [2.45, 2.75) is 25.1 Å². The maximum Gasteiger partial charge on any atom is 0.152 e. The molecule has 0 aliphatic carbocycles. The zero-order chi connectivity index (χ0) is 9.14. The van der Waals surface area contributed by atoms with Crippen molar-refractivity contribution in [1.82, 2.24) is 20.2 Å². The van der Waals surface area contributed by atoms with Crippen molar-refractivity contribution < 1.29 is 0 Å². The molecule has 0 radical (unpaired) electrons. The lowest BCUT2D eigenvalue weighted by Crippen LogP contribution is -2.14. The molecule has 5 heteroatoms. The molecule has 0 amide bonds. The average Bonchev–Trinajstić information content (AvgIpc) is 2.36. The second kappa shape index (κ2) is 3.98. The number of aryl methyl sites for hydroxylation is 1. The van der Waals surface area contributed by atoms with E-state index in [0.29, 0.717) is 10.7 Å². The van der Waals surface area contributed by atoms with E-state index in [1.807, 2.05) is 7.05 Å². The number of rotatable bonds is 3. The molecule has 1 aromatic heterocycles. The second-order valence-corrected chi connectivity index (χ2v) is 4.36. The Morgan fingerprint density at radius 1 is 1.50 bits per heavy atom. The number of halogens is 1. The van der Waals surface area contributed by atoms with Crippen LogP contribution in [0.1, 0.15) is 19.7 Å². The minimum atomic E-state index is 0.446. The molecule has 1 heterocycles. The first-order valence-corrected chi connectivity index (χ1v) is 4.88. The third-order valence-electron chi connectivity index (χ3n) is 1.81. The highest BCUT2D eigenvalue weighted by molar-refractivity contribution is 9.09. The highest BCUT2D eigenvalue weighted by Gasteiger charge is 2.13. The van der Waals surface area contributed by atoms with E-state index in [-0.39, 0.29) is 0 Å². The predicted octanol–water partition coefficient (Wildman–Crippen LogP) is 1.17. The van der Waals surface area contributed by atoms with E-state index in [1.165, 1.54) is 0 Å². The Kier molecular flexibility index (Phi) is 3.20. The van der Waals surface area contributed by atoms with Gasteiger partial charge in [-0.1, -0.05) is 29.8 Å². The maximum atomic E-state index is 3.91. The molecule has 0 spiro atoms. The summed E-state index contributed by atoms with van der Waals surface area (Å²) in [6.07, 6.45) is 0.876. The van der Waals surface area contributed by atoms with Crippen LogP contribution in [0.3, 0.4) is 0 Å². The molecule has 0 fully saturated rings. The fourth-order valence-corrected chi connectivity index (χ4v) is 1.12. The van der Waals surface area contributed by atoms with E-state index >= 15 is 0 Å². The molecule has 0 aliphatic heterocycles. The summed E-state index contributed by atoms with van der Waals surface area (Å²) in [5, 5.41) is 11.2. The van der Waals surface area contributed by atoms with Crippen LogP contribution in [-0.2, 0) is 13.5 Å². The molecule has 1 rings (SSSR count). The quantitative estimate of drug-likeness (QED) is 0.736. The molecule has 1 aromatic rings. The van der Waals surface area contributed by atoms with E-state index in [9.17, 15) is 0 Å². The Hall–Kier alpha value is -0.450. The van der Waals surface area contributed by atoms with Crippen LogP contribution in [0.25, 0.3) is 0 Å². The van der Waals surface area contributed by atoms with Crippen LogP contribution in [0.2, 0.25) is 0 Å². The fourth-order valence-electron chi connectivity index (χ4n) is 0.831. The van der Waals surface area contributed by atoms with Crippen molar-refractivity contribution in [2.75, 3.05) is 0 Å². The summed E-state index contributed by atoms with van der Waals surface area (Å²) >= 11 is 3.59. The first kappa shape index (κ1) is 9.64. The van der Waals surface area contributed by atoms with Crippen LogP contribution >= 0.6 is 15.9 Å². The zero-order valence-corrected chi connectivity index (χ0v) is 9.11. The smallest absolute Gasteiger partial charge is 0.152 e. The van der Waals surface area contributed by atoms with Gasteiger partial charge in [-0.3, -0.25) is 0 Å². The summed E-state index contributed by atoms with van der Waals surface area (Å²) in [6, 6.07) is 0. The van der Waals surface area contributed by atoms with Crippen LogP contribution in [0.5, 0.6) is 0 Å². The van der Waals surface area contributed by atoms with Crippen molar-refractivity contribution in [2.24, 2.45) is 13.0 Å². The molecule has 12 heavy (non-hydrogen) atoms. The summed E-state index contributed by atoms with van der Waals surface area (Å²) in [4.78, 5) is 0.446. The van der Waals surface area contributed by atoms with E-state index < -0.39 is 0 Å². The molecule has 0 bridgehead atoms. The third-order valence-corrected chi connectivity index (χ3v) is 3.19. The van der Waals surface area contributed by atoms with Gasteiger partial charge in [-0.15, -0.1) is 5.10 Å². The molecule has 1 atom stereocenters. The van der Waals surface area contributed by atoms with Crippen LogP contribution in [0, 0.1) is 5.92 Å². The van der Waals surface area contributed by atoms with Gasteiger partial charge >= 0.3 is 0 Å². The van der Waals surface area contributed by atoms with E-state index in [2.05, 4.69) is 45.3 Å². The van der Waals surface area contributed by atoms with Gasteiger partial charge in [0, 0.05) is 18.3 Å².